The van der Waals surface area contributed by atoms with Crippen LogP contribution in [0.1, 0.15) is 46.2 Å². The number of para-hydroxylation sites is 1. The van der Waals surface area contributed by atoms with E-state index in [-0.39, 0.29) is 17.6 Å². The summed E-state index contributed by atoms with van der Waals surface area (Å²) >= 11 is 1.49. The molecule has 1 aliphatic rings. The van der Waals surface area contributed by atoms with Crippen molar-refractivity contribution in [1.82, 2.24) is 10.1 Å². The third-order valence-corrected chi connectivity index (χ3v) is 4.99. The lowest BCUT2D eigenvalue weighted by molar-refractivity contribution is -0.771. The molecule has 0 saturated carbocycles. The fraction of sp³-hybridized carbons (Fsp3) is 0.444. The van der Waals surface area contributed by atoms with Gasteiger partial charge in [-0.2, -0.15) is 0 Å². The van der Waals surface area contributed by atoms with Crippen molar-refractivity contribution in [2.75, 3.05) is 10.7 Å². The van der Waals surface area contributed by atoms with Gasteiger partial charge in [-0.1, -0.05) is 49.3 Å². The van der Waals surface area contributed by atoms with Gasteiger partial charge >= 0.3 is 11.3 Å². The topological polar surface area (TPSA) is 69.9 Å². The Morgan fingerprint density at radius 3 is 2.76 bits per heavy atom. The normalized spacial score (nSPS) is 15.6. The SMILES string of the molecule is CCCC(=O)N1c2ccccc2-c2c(=O)[nH]c(SCC)n[n+]2[C@H]1CC. The standard InChI is InChI=1S/C18H22N4O2S/c1-4-9-15(23)21-13-11-8-7-10-12(13)16-17(24)19-18(25-6-3)20-22(16)14(21)5-2/h7-8,10-11,14H,4-6,9H2,1-3H3/p+1/t14-/m0/s1. The first-order chi connectivity index (χ1) is 12.1. The summed E-state index contributed by atoms with van der Waals surface area (Å²) in [5, 5.41) is 5.22. The van der Waals surface area contributed by atoms with Crippen molar-refractivity contribution in [3.8, 4) is 11.3 Å². The van der Waals surface area contributed by atoms with Gasteiger partial charge in [-0.3, -0.25) is 14.6 Å². The molecule has 1 atom stereocenters. The van der Waals surface area contributed by atoms with E-state index in [2.05, 4.69) is 10.1 Å². The van der Waals surface area contributed by atoms with Crippen molar-refractivity contribution in [2.24, 2.45) is 0 Å². The van der Waals surface area contributed by atoms with Crippen LogP contribution in [0.3, 0.4) is 0 Å². The Balaban J connectivity index is 2.26. The van der Waals surface area contributed by atoms with Gasteiger partial charge in [-0.25, -0.2) is 4.90 Å². The molecule has 1 aromatic carbocycles. The summed E-state index contributed by atoms with van der Waals surface area (Å²) in [6.07, 6.45) is 1.64. The summed E-state index contributed by atoms with van der Waals surface area (Å²) in [5.41, 5.74) is 1.89. The summed E-state index contributed by atoms with van der Waals surface area (Å²) < 4.78 is 1.73. The lowest BCUT2D eigenvalue weighted by Crippen LogP contribution is -2.60. The molecule has 0 aliphatic carbocycles. The van der Waals surface area contributed by atoms with Gasteiger partial charge in [0, 0.05) is 17.9 Å². The van der Waals surface area contributed by atoms with Crippen molar-refractivity contribution in [2.45, 2.75) is 51.4 Å². The quantitative estimate of drug-likeness (QED) is 0.658. The molecule has 1 amide bonds. The average molecular weight is 359 g/mol. The Labute approximate surface area is 151 Å². The van der Waals surface area contributed by atoms with Gasteiger partial charge < -0.3 is 0 Å². The van der Waals surface area contributed by atoms with E-state index in [9.17, 15) is 9.59 Å². The minimum absolute atomic E-state index is 0.0618. The molecule has 2 aromatic rings. The van der Waals surface area contributed by atoms with Gasteiger partial charge in [0.1, 0.15) is 0 Å². The van der Waals surface area contributed by atoms with Crippen molar-refractivity contribution < 1.29 is 9.48 Å². The zero-order valence-corrected chi connectivity index (χ0v) is 15.6. The number of nitrogens with zero attached hydrogens (tertiary/aromatic N) is 3. The monoisotopic (exact) mass is 359 g/mol. The van der Waals surface area contributed by atoms with Gasteiger partial charge in [0.2, 0.25) is 11.1 Å². The molecule has 1 aliphatic heterocycles. The predicted octanol–water partition coefficient (Wildman–Crippen LogP) is 2.89. The molecule has 7 heteroatoms. The molecule has 2 heterocycles. The Kier molecular flexibility index (Phi) is 5.22. The third kappa shape index (κ3) is 3.08. The highest BCUT2D eigenvalue weighted by atomic mass is 32.2. The Morgan fingerprint density at radius 2 is 2.08 bits per heavy atom. The van der Waals surface area contributed by atoms with E-state index in [1.807, 2.05) is 45.0 Å². The maximum atomic E-state index is 12.8. The number of amides is 1. The van der Waals surface area contributed by atoms with Crippen LogP contribution in [0.5, 0.6) is 0 Å². The number of thioether (sulfide) groups is 1. The van der Waals surface area contributed by atoms with Gasteiger partial charge in [-0.05, 0) is 24.3 Å². The van der Waals surface area contributed by atoms with Crippen molar-refractivity contribution in [3.63, 3.8) is 0 Å². The molecule has 1 N–H and O–H groups in total. The fourth-order valence-electron chi connectivity index (χ4n) is 3.24. The largest absolute Gasteiger partial charge is 0.325 e. The lowest BCUT2D eigenvalue weighted by Gasteiger charge is -2.31. The van der Waals surface area contributed by atoms with E-state index in [0.29, 0.717) is 23.7 Å². The van der Waals surface area contributed by atoms with Gasteiger partial charge in [-0.15, -0.1) is 0 Å². The molecule has 6 nitrogen and oxygen atoms in total. The van der Waals surface area contributed by atoms with E-state index in [0.717, 1.165) is 23.4 Å². The smallest absolute Gasteiger partial charge is 0.291 e. The number of carbonyl (C=O) groups excluding carboxylic acids is 1. The first kappa shape index (κ1) is 17.7. The van der Waals surface area contributed by atoms with Gasteiger partial charge in [0.15, 0.2) is 0 Å². The molecule has 1 aromatic heterocycles. The number of anilines is 1. The molecule has 0 fully saturated rings. The van der Waals surface area contributed by atoms with Gasteiger partial charge in [0.25, 0.3) is 6.17 Å². The number of aromatic amines is 1. The summed E-state index contributed by atoms with van der Waals surface area (Å²) in [6.45, 7) is 6.02. The minimum atomic E-state index is -0.289. The van der Waals surface area contributed by atoms with E-state index >= 15 is 0 Å². The number of aromatic nitrogens is 3. The zero-order chi connectivity index (χ0) is 18.0. The Bertz CT molecular complexity index is 849. The van der Waals surface area contributed by atoms with Crippen LogP contribution in [0.4, 0.5) is 5.69 Å². The third-order valence-electron chi connectivity index (χ3n) is 4.24. The average Bonchev–Trinajstić information content (AvgIpc) is 2.60. The number of rotatable bonds is 5. The summed E-state index contributed by atoms with van der Waals surface area (Å²) in [6, 6.07) is 7.56. The van der Waals surface area contributed by atoms with Crippen LogP contribution in [0.15, 0.2) is 34.2 Å². The highest BCUT2D eigenvalue weighted by Gasteiger charge is 2.43. The highest BCUT2D eigenvalue weighted by Crippen LogP contribution is 2.36. The minimum Gasteiger partial charge on any atom is -0.291 e. The first-order valence-electron chi connectivity index (χ1n) is 8.72. The van der Waals surface area contributed by atoms with Crippen LogP contribution >= 0.6 is 11.8 Å². The predicted molar refractivity (Wildman–Crippen MR) is 98.6 cm³/mol. The van der Waals surface area contributed by atoms with E-state index in [1.54, 1.807) is 9.58 Å². The number of hydrogen-bond donors (Lipinski definition) is 1. The molecule has 0 unspecified atom stereocenters. The second-order valence-corrected chi connectivity index (χ2v) is 7.16. The van der Waals surface area contributed by atoms with E-state index in [1.165, 1.54) is 11.8 Å². The number of carbonyl (C=O) groups is 1. The molecule has 25 heavy (non-hydrogen) atoms. The Hall–Kier alpha value is -2.15. The number of nitrogens with one attached hydrogen (secondary N) is 1. The molecule has 3 rings (SSSR count). The fourth-order valence-corrected chi connectivity index (χ4v) is 3.82. The molecular weight excluding hydrogens is 336 g/mol. The van der Waals surface area contributed by atoms with Crippen LogP contribution < -0.4 is 15.1 Å². The van der Waals surface area contributed by atoms with Crippen LogP contribution in [0.25, 0.3) is 11.3 Å². The van der Waals surface area contributed by atoms with Crippen LogP contribution in [-0.2, 0) is 4.79 Å². The summed E-state index contributed by atoms with van der Waals surface area (Å²) in [4.78, 5) is 30.2. The molecule has 0 radical (unpaired) electrons. The summed E-state index contributed by atoms with van der Waals surface area (Å²) in [7, 11) is 0. The van der Waals surface area contributed by atoms with Gasteiger partial charge in [0.05, 0.1) is 11.3 Å². The number of hydrogen-bond acceptors (Lipinski definition) is 4. The molecule has 0 bridgehead atoms. The van der Waals surface area contributed by atoms with Crippen molar-refractivity contribution in [1.29, 1.82) is 0 Å². The van der Waals surface area contributed by atoms with E-state index in [4.69, 9.17) is 0 Å². The van der Waals surface area contributed by atoms with Crippen LogP contribution in [0, 0.1) is 0 Å². The maximum absolute atomic E-state index is 12.8. The number of fused-ring (bicyclic) bond motifs is 3. The van der Waals surface area contributed by atoms with Crippen molar-refractivity contribution in [3.05, 3.63) is 34.6 Å². The zero-order valence-electron chi connectivity index (χ0n) is 14.8. The molecule has 0 spiro atoms. The molecule has 0 saturated heterocycles. The Morgan fingerprint density at radius 1 is 1.32 bits per heavy atom. The molecular formula is C18H23N4O2S+. The van der Waals surface area contributed by atoms with Crippen LogP contribution in [0.2, 0.25) is 0 Å². The first-order valence-corrected chi connectivity index (χ1v) is 9.71. The second kappa shape index (κ2) is 7.39. The number of H-pyrrole nitrogens is 1. The lowest BCUT2D eigenvalue weighted by atomic mass is 10.0. The van der Waals surface area contributed by atoms with Crippen molar-refractivity contribution >= 4 is 23.4 Å². The maximum Gasteiger partial charge on any atom is 0.325 e. The van der Waals surface area contributed by atoms with E-state index < -0.39 is 0 Å². The molecule has 132 valence electrons. The van der Waals surface area contributed by atoms with Crippen LogP contribution in [-0.4, -0.2) is 21.7 Å². The highest BCUT2D eigenvalue weighted by molar-refractivity contribution is 7.99. The summed E-state index contributed by atoms with van der Waals surface area (Å²) in [5.74, 6) is 0.875. The second-order valence-electron chi connectivity index (χ2n) is 5.91. The number of benzene rings is 1.